The van der Waals surface area contributed by atoms with Gasteiger partial charge in [-0.1, -0.05) is 13.8 Å². The second kappa shape index (κ2) is 3.62. The van der Waals surface area contributed by atoms with Gasteiger partial charge in [0.15, 0.2) is 0 Å². The Hall–Kier alpha value is -0.290. The fourth-order valence-corrected chi connectivity index (χ4v) is 0.836. The van der Waals surface area contributed by atoms with Gasteiger partial charge in [-0.25, -0.2) is 0 Å². The van der Waals surface area contributed by atoms with Gasteiger partial charge in [-0.15, -0.1) is 0 Å². The Morgan fingerprint density at radius 2 is 1.75 bits per heavy atom. The zero-order valence-electron chi connectivity index (χ0n) is 7.15. The van der Waals surface area contributed by atoms with Crippen molar-refractivity contribution >= 4 is 0 Å². The molecule has 5 heteroatoms. The van der Waals surface area contributed by atoms with Crippen molar-refractivity contribution in [2.75, 3.05) is 6.61 Å². The third-order valence-corrected chi connectivity index (χ3v) is 1.77. The summed E-state index contributed by atoms with van der Waals surface area (Å²) in [6, 6.07) is -0.804. The van der Waals surface area contributed by atoms with Crippen molar-refractivity contribution in [2.45, 2.75) is 32.5 Å². The van der Waals surface area contributed by atoms with Crippen LogP contribution in [0, 0.1) is 5.41 Å². The molecule has 0 amide bonds. The van der Waals surface area contributed by atoms with Crippen LogP contribution in [0.2, 0.25) is 0 Å². The highest BCUT2D eigenvalue weighted by molar-refractivity contribution is 4.81. The third-order valence-electron chi connectivity index (χ3n) is 1.77. The molecule has 0 heterocycles. The smallest absolute Gasteiger partial charge is 0.394 e. The summed E-state index contributed by atoms with van der Waals surface area (Å²) < 4.78 is 36.6. The molecule has 0 aromatic carbocycles. The highest BCUT2D eigenvalue weighted by Crippen LogP contribution is 2.40. The Morgan fingerprint density at radius 1 is 1.33 bits per heavy atom. The normalized spacial score (nSPS) is 16.2. The highest BCUT2D eigenvalue weighted by atomic mass is 19.4. The fourth-order valence-electron chi connectivity index (χ4n) is 0.836. The lowest BCUT2D eigenvalue weighted by Crippen LogP contribution is -2.39. The van der Waals surface area contributed by atoms with Crippen molar-refractivity contribution in [3.63, 3.8) is 0 Å². The van der Waals surface area contributed by atoms with Gasteiger partial charge in [-0.2, -0.15) is 13.2 Å². The van der Waals surface area contributed by atoms with Crippen LogP contribution in [0.5, 0.6) is 0 Å². The summed E-state index contributed by atoms with van der Waals surface area (Å²) >= 11 is 0. The molecule has 74 valence electrons. The first kappa shape index (κ1) is 11.7. The summed E-state index contributed by atoms with van der Waals surface area (Å²) in [4.78, 5) is 0. The molecule has 0 unspecified atom stereocenters. The summed E-state index contributed by atoms with van der Waals surface area (Å²) in [5.74, 6) is 0. The van der Waals surface area contributed by atoms with E-state index in [1.165, 1.54) is 0 Å². The standard InChI is InChI=1S/C7H14F3NO/c1-6(2,7(8,9)10)3-5(11)4-12/h5,12H,3-4,11H2,1-2H3/t5-/m1/s1. The molecule has 0 radical (unpaired) electrons. The van der Waals surface area contributed by atoms with Gasteiger partial charge in [0.1, 0.15) is 0 Å². The van der Waals surface area contributed by atoms with Crippen molar-refractivity contribution in [2.24, 2.45) is 11.1 Å². The number of hydrogen-bond donors (Lipinski definition) is 2. The predicted octanol–water partition coefficient (Wildman–Crippen LogP) is 1.28. The van der Waals surface area contributed by atoms with Crippen molar-refractivity contribution in [3.05, 3.63) is 0 Å². The zero-order chi connectivity index (χ0) is 9.99. The van der Waals surface area contributed by atoms with Crippen LogP contribution in [0.1, 0.15) is 20.3 Å². The SMILES string of the molecule is CC(C)(C[C@@H](N)CO)C(F)(F)F. The van der Waals surface area contributed by atoms with E-state index in [0.29, 0.717) is 0 Å². The van der Waals surface area contributed by atoms with Crippen molar-refractivity contribution < 1.29 is 18.3 Å². The summed E-state index contributed by atoms with van der Waals surface area (Å²) in [6.07, 6.45) is -4.52. The van der Waals surface area contributed by atoms with Crippen LogP contribution >= 0.6 is 0 Å². The molecule has 0 saturated carbocycles. The molecule has 1 atom stereocenters. The molecular formula is C7H14F3NO. The molecule has 0 fully saturated rings. The minimum absolute atomic E-state index is 0.257. The Labute approximate surface area is 69.6 Å². The van der Waals surface area contributed by atoms with Gasteiger partial charge in [-0.3, -0.25) is 0 Å². The molecule has 0 bridgehead atoms. The quantitative estimate of drug-likeness (QED) is 0.695. The van der Waals surface area contributed by atoms with E-state index in [1.807, 2.05) is 0 Å². The van der Waals surface area contributed by atoms with Gasteiger partial charge < -0.3 is 10.8 Å². The fraction of sp³-hybridized carbons (Fsp3) is 1.00. The average molecular weight is 185 g/mol. The van der Waals surface area contributed by atoms with Gasteiger partial charge in [0.2, 0.25) is 0 Å². The van der Waals surface area contributed by atoms with E-state index >= 15 is 0 Å². The molecule has 0 spiro atoms. The second-order valence-corrected chi connectivity index (χ2v) is 3.53. The molecular weight excluding hydrogens is 171 g/mol. The topological polar surface area (TPSA) is 46.2 Å². The second-order valence-electron chi connectivity index (χ2n) is 3.53. The number of aliphatic hydroxyl groups excluding tert-OH is 1. The molecule has 0 aliphatic heterocycles. The van der Waals surface area contributed by atoms with Gasteiger partial charge in [0.25, 0.3) is 0 Å². The number of hydrogen-bond acceptors (Lipinski definition) is 2. The van der Waals surface area contributed by atoms with E-state index in [1.54, 1.807) is 0 Å². The van der Waals surface area contributed by atoms with Crippen LogP contribution in [-0.4, -0.2) is 23.9 Å². The lowest BCUT2D eigenvalue weighted by Gasteiger charge is -2.29. The average Bonchev–Trinajstić information content (AvgIpc) is 1.84. The van der Waals surface area contributed by atoms with Crippen molar-refractivity contribution in [3.8, 4) is 0 Å². The first-order valence-electron chi connectivity index (χ1n) is 3.64. The summed E-state index contributed by atoms with van der Waals surface area (Å²) in [7, 11) is 0. The summed E-state index contributed by atoms with van der Waals surface area (Å²) in [6.45, 7) is 1.73. The Bertz CT molecular complexity index is 144. The van der Waals surface area contributed by atoms with Crippen LogP contribution in [0.4, 0.5) is 13.2 Å². The maximum absolute atomic E-state index is 12.2. The molecule has 12 heavy (non-hydrogen) atoms. The molecule has 3 N–H and O–H groups in total. The highest BCUT2D eigenvalue weighted by Gasteiger charge is 2.47. The van der Waals surface area contributed by atoms with Crippen LogP contribution in [0.15, 0.2) is 0 Å². The lowest BCUT2D eigenvalue weighted by atomic mass is 9.85. The van der Waals surface area contributed by atoms with Crippen LogP contribution in [0.3, 0.4) is 0 Å². The number of aliphatic hydroxyl groups is 1. The number of rotatable bonds is 3. The molecule has 2 nitrogen and oxygen atoms in total. The van der Waals surface area contributed by atoms with Crippen LogP contribution in [-0.2, 0) is 0 Å². The molecule has 0 aliphatic rings. The van der Waals surface area contributed by atoms with Gasteiger partial charge in [-0.05, 0) is 6.42 Å². The third kappa shape index (κ3) is 2.98. The monoisotopic (exact) mass is 185 g/mol. The minimum Gasteiger partial charge on any atom is -0.395 e. The first-order chi connectivity index (χ1) is 5.20. The summed E-state index contributed by atoms with van der Waals surface area (Å²) in [5.41, 5.74) is 3.38. The van der Waals surface area contributed by atoms with Crippen molar-refractivity contribution in [1.82, 2.24) is 0 Å². The van der Waals surface area contributed by atoms with E-state index in [2.05, 4.69) is 0 Å². The maximum atomic E-state index is 12.2. The van der Waals surface area contributed by atoms with Gasteiger partial charge in [0, 0.05) is 6.04 Å². The number of halogens is 3. The molecule has 0 saturated heterocycles. The minimum atomic E-state index is -4.26. The Kier molecular flexibility index (Phi) is 3.53. The Morgan fingerprint density at radius 3 is 2.00 bits per heavy atom. The molecule has 0 aromatic heterocycles. The van der Waals surface area contributed by atoms with E-state index in [0.717, 1.165) is 13.8 Å². The van der Waals surface area contributed by atoms with Gasteiger partial charge in [0.05, 0.1) is 12.0 Å². The van der Waals surface area contributed by atoms with Crippen molar-refractivity contribution in [1.29, 1.82) is 0 Å². The maximum Gasteiger partial charge on any atom is 0.394 e. The van der Waals surface area contributed by atoms with E-state index in [-0.39, 0.29) is 6.42 Å². The number of nitrogens with two attached hydrogens (primary N) is 1. The molecule has 0 rings (SSSR count). The first-order valence-corrected chi connectivity index (χ1v) is 3.64. The molecule has 0 aromatic rings. The van der Waals surface area contributed by atoms with Crippen LogP contribution < -0.4 is 5.73 Å². The lowest BCUT2D eigenvalue weighted by molar-refractivity contribution is -0.215. The van der Waals surface area contributed by atoms with Crippen LogP contribution in [0.25, 0.3) is 0 Å². The zero-order valence-corrected chi connectivity index (χ0v) is 7.15. The Balaban J connectivity index is 4.22. The predicted molar refractivity (Wildman–Crippen MR) is 39.5 cm³/mol. The number of alkyl halides is 3. The van der Waals surface area contributed by atoms with E-state index in [9.17, 15) is 13.2 Å². The largest absolute Gasteiger partial charge is 0.395 e. The molecule has 0 aliphatic carbocycles. The van der Waals surface area contributed by atoms with E-state index in [4.69, 9.17) is 10.8 Å². The van der Waals surface area contributed by atoms with Gasteiger partial charge >= 0.3 is 6.18 Å². The summed E-state index contributed by atoms with van der Waals surface area (Å²) in [5, 5.41) is 8.47. The van der Waals surface area contributed by atoms with E-state index < -0.39 is 24.2 Å².